The smallest absolute Gasteiger partial charge is 0.159 e. The molecule has 3 rings (SSSR count). The lowest BCUT2D eigenvalue weighted by atomic mass is 10.1. The van der Waals surface area contributed by atoms with Gasteiger partial charge in [0.15, 0.2) is 5.65 Å². The molecular formula is C14H19N3S. The summed E-state index contributed by atoms with van der Waals surface area (Å²) in [5.41, 5.74) is 2.07. The number of rotatable bonds is 3. The zero-order valence-corrected chi connectivity index (χ0v) is 11.6. The van der Waals surface area contributed by atoms with Crippen LogP contribution in [0.3, 0.4) is 0 Å². The van der Waals surface area contributed by atoms with E-state index in [0.29, 0.717) is 0 Å². The minimum Gasteiger partial charge on any atom is -0.313 e. The van der Waals surface area contributed by atoms with Crippen LogP contribution in [0.15, 0.2) is 18.3 Å². The van der Waals surface area contributed by atoms with Crippen molar-refractivity contribution in [1.29, 1.82) is 0 Å². The number of hydrogen-bond donors (Lipinski definition) is 0. The maximum atomic E-state index is 4.76. The molecule has 2 aromatic rings. The molecule has 0 spiro atoms. The molecule has 3 nitrogen and oxygen atoms in total. The maximum absolute atomic E-state index is 4.76. The van der Waals surface area contributed by atoms with E-state index in [1.807, 2.05) is 12.3 Å². The Hall–Kier alpha value is -1.03. The van der Waals surface area contributed by atoms with Crippen molar-refractivity contribution in [3.8, 4) is 0 Å². The molecule has 0 radical (unpaired) electrons. The van der Waals surface area contributed by atoms with Crippen LogP contribution >= 0.6 is 11.8 Å². The van der Waals surface area contributed by atoms with Gasteiger partial charge in [-0.05, 0) is 37.7 Å². The number of aryl methyl sites for hydroxylation is 1. The normalized spacial score (nSPS) is 20.4. The first-order chi connectivity index (χ1) is 8.88. The highest BCUT2D eigenvalue weighted by molar-refractivity contribution is 7.99. The van der Waals surface area contributed by atoms with Crippen LogP contribution < -0.4 is 0 Å². The summed E-state index contributed by atoms with van der Waals surface area (Å²) in [4.78, 5) is 9.22. The van der Waals surface area contributed by atoms with Crippen molar-refractivity contribution in [2.45, 2.75) is 44.4 Å². The number of thioether (sulfide) groups is 1. The van der Waals surface area contributed by atoms with Crippen LogP contribution in [0.2, 0.25) is 0 Å². The predicted molar refractivity (Wildman–Crippen MR) is 77.0 cm³/mol. The van der Waals surface area contributed by atoms with Crippen molar-refractivity contribution in [2.75, 3.05) is 5.75 Å². The quantitative estimate of drug-likeness (QED) is 0.849. The van der Waals surface area contributed by atoms with Gasteiger partial charge in [-0.3, -0.25) is 0 Å². The summed E-state index contributed by atoms with van der Waals surface area (Å²) in [6, 6.07) is 4.03. The standard InChI is InChI=1S/C14H19N3S/c1-2-17-13(10-11-6-3-4-9-18-11)16-12-7-5-8-15-14(12)17/h5,7-8,11H,2-4,6,9-10H2,1H3. The molecule has 0 aliphatic carbocycles. The molecule has 1 fully saturated rings. The van der Waals surface area contributed by atoms with Gasteiger partial charge in [-0.2, -0.15) is 11.8 Å². The summed E-state index contributed by atoms with van der Waals surface area (Å²) in [7, 11) is 0. The third kappa shape index (κ3) is 2.26. The number of nitrogens with zero attached hydrogens (tertiary/aromatic N) is 3. The summed E-state index contributed by atoms with van der Waals surface area (Å²) in [6.45, 7) is 3.13. The fourth-order valence-electron chi connectivity index (χ4n) is 2.67. The second-order valence-electron chi connectivity index (χ2n) is 4.81. The highest BCUT2D eigenvalue weighted by Crippen LogP contribution is 2.28. The van der Waals surface area contributed by atoms with Crippen molar-refractivity contribution in [3.05, 3.63) is 24.2 Å². The van der Waals surface area contributed by atoms with Crippen molar-refractivity contribution in [3.63, 3.8) is 0 Å². The second kappa shape index (κ2) is 5.31. The Balaban J connectivity index is 1.90. The van der Waals surface area contributed by atoms with E-state index in [-0.39, 0.29) is 0 Å². The Morgan fingerprint density at radius 3 is 3.17 bits per heavy atom. The van der Waals surface area contributed by atoms with E-state index >= 15 is 0 Å². The van der Waals surface area contributed by atoms with Gasteiger partial charge in [0.1, 0.15) is 11.3 Å². The van der Waals surface area contributed by atoms with E-state index in [9.17, 15) is 0 Å². The van der Waals surface area contributed by atoms with Gasteiger partial charge in [-0.15, -0.1) is 0 Å². The van der Waals surface area contributed by atoms with E-state index in [1.54, 1.807) is 0 Å². The summed E-state index contributed by atoms with van der Waals surface area (Å²) in [5.74, 6) is 2.53. The van der Waals surface area contributed by atoms with Gasteiger partial charge in [-0.25, -0.2) is 9.97 Å². The van der Waals surface area contributed by atoms with Gasteiger partial charge >= 0.3 is 0 Å². The Morgan fingerprint density at radius 1 is 1.44 bits per heavy atom. The van der Waals surface area contributed by atoms with Crippen LogP contribution in [0.1, 0.15) is 32.0 Å². The average Bonchev–Trinajstić information content (AvgIpc) is 2.77. The molecule has 96 valence electrons. The molecule has 18 heavy (non-hydrogen) atoms. The molecule has 0 saturated carbocycles. The zero-order valence-electron chi connectivity index (χ0n) is 10.8. The average molecular weight is 261 g/mol. The molecule has 0 amide bonds. The zero-order chi connectivity index (χ0) is 12.4. The second-order valence-corrected chi connectivity index (χ2v) is 6.22. The topological polar surface area (TPSA) is 30.7 Å². The predicted octanol–water partition coefficient (Wildman–Crippen LogP) is 3.28. The van der Waals surface area contributed by atoms with Crippen LogP contribution in [-0.4, -0.2) is 25.5 Å². The minimum atomic E-state index is 0.751. The molecule has 1 atom stereocenters. The van der Waals surface area contributed by atoms with Crippen LogP contribution in [0.5, 0.6) is 0 Å². The van der Waals surface area contributed by atoms with Gasteiger partial charge in [0, 0.05) is 24.4 Å². The van der Waals surface area contributed by atoms with E-state index < -0.39 is 0 Å². The highest BCUT2D eigenvalue weighted by Gasteiger charge is 2.18. The SMILES string of the molecule is CCn1c(CC2CCCCS2)nc2cccnc21. The number of pyridine rings is 1. The van der Waals surface area contributed by atoms with Gasteiger partial charge in [0.25, 0.3) is 0 Å². The van der Waals surface area contributed by atoms with Crippen LogP contribution in [0.4, 0.5) is 0 Å². The van der Waals surface area contributed by atoms with Gasteiger partial charge < -0.3 is 4.57 Å². The molecule has 1 aliphatic heterocycles. The van der Waals surface area contributed by atoms with E-state index in [1.165, 1.54) is 30.8 Å². The number of fused-ring (bicyclic) bond motifs is 1. The first-order valence-electron chi connectivity index (χ1n) is 6.80. The van der Waals surface area contributed by atoms with Crippen LogP contribution in [-0.2, 0) is 13.0 Å². The molecule has 1 saturated heterocycles. The van der Waals surface area contributed by atoms with Gasteiger partial charge in [0.05, 0.1) is 0 Å². The molecule has 0 bridgehead atoms. The van der Waals surface area contributed by atoms with Gasteiger partial charge in [0.2, 0.25) is 0 Å². The molecule has 1 aliphatic rings. The molecule has 1 unspecified atom stereocenters. The van der Waals surface area contributed by atoms with Crippen molar-refractivity contribution in [2.24, 2.45) is 0 Å². The molecule has 0 aromatic carbocycles. The molecule has 2 aromatic heterocycles. The molecule has 0 N–H and O–H groups in total. The maximum Gasteiger partial charge on any atom is 0.159 e. The Bertz CT molecular complexity index is 529. The van der Waals surface area contributed by atoms with Crippen molar-refractivity contribution >= 4 is 22.9 Å². The highest BCUT2D eigenvalue weighted by atomic mass is 32.2. The van der Waals surface area contributed by atoms with Crippen LogP contribution in [0.25, 0.3) is 11.2 Å². The van der Waals surface area contributed by atoms with E-state index in [0.717, 1.165) is 29.4 Å². The van der Waals surface area contributed by atoms with Gasteiger partial charge in [-0.1, -0.05) is 6.42 Å². The lowest BCUT2D eigenvalue weighted by Crippen LogP contribution is -2.15. The number of aromatic nitrogens is 3. The third-order valence-corrected chi connectivity index (χ3v) is 4.98. The van der Waals surface area contributed by atoms with E-state index in [2.05, 4.69) is 34.3 Å². The van der Waals surface area contributed by atoms with Crippen molar-refractivity contribution in [1.82, 2.24) is 14.5 Å². The van der Waals surface area contributed by atoms with Crippen molar-refractivity contribution < 1.29 is 0 Å². The Morgan fingerprint density at radius 2 is 2.39 bits per heavy atom. The number of hydrogen-bond acceptors (Lipinski definition) is 3. The first-order valence-corrected chi connectivity index (χ1v) is 7.85. The molecule has 4 heteroatoms. The fraction of sp³-hybridized carbons (Fsp3) is 0.571. The van der Waals surface area contributed by atoms with Crippen LogP contribution in [0, 0.1) is 0 Å². The first kappa shape index (κ1) is 12.0. The largest absolute Gasteiger partial charge is 0.313 e. The Kier molecular flexibility index (Phi) is 3.55. The number of imidazole rings is 1. The lowest BCUT2D eigenvalue weighted by Gasteiger charge is -2.20. The summed E-state index contributed by atoms with van der Waals surface area (Å²) in [6.07, 6.45) is 7.05. The summed E-state index contributed by atoms with van der Waals surface area (Å²) >= 11 is 2.11. The minimum absolute atomic E-state index is 0.751. The van der Waals surface area contributed by atoms with E-state index in [4.69, 9.17) is 4.98 Å². The lowest BCUT2D eigenvalue weighted by molar-refractivity contribution is 0.623. The fourth-order valence-corrected chi connectivity index (χ4v) is 3.97. The molecular weight excluding hydrogens is 242 g/mol. The summed E-state index contributed by atoms with van der Waals surface area (Å²) in [5, 5.41) is 0.751. The Labute approximate surface area is 112 Å². The monoisotopic (exact) mass is 261 g/mol. The third-order valence-electron chi connectivity index (χ3n) is 3.58. The summed E-state index contributed by atoms with van der Waals surface area (Å²) < 4.78 is 2.27. The molecule has 3 heterocycles.